The molecule has 278 valence electrons. The predicted octanol–water partition coefficient (Wildman–Crippen LogP) is 4.15. The van der Waals surface area contributed by atoms with Crippen molar-refractivity contribution in [1.82, 2.24) is 0 Å². The van der Waals surface area contributed by atoms with Crippen LogP contribution in [0.2, 0.25) is 0 Å². The molecule has 0 aromatic carbocycles. The summed E-state index contributed by atoms with van der Waals surface area (Å²) >= 11 is 0. The summed E-state index contributed by atoms with van der Waals surface area (Å²) < 4.78 is 33.5. The maximum atomic E-state index is 9.23. The molecular formula is C30H86O12. The Morgan fingerprint density at radius 3 is 0.738 bits per heavy atom. The average molecular weight is 639 g/mol. The van der Waals surface area contributed by atoms with E-state index in [2.05, 4.69) is 0 Å². The summed E-state index contributed by atoms with van der Waals surface area (Å²) in [4.78, 5) is 0. The van der Waals surface area contributed by atoms with Gasteiger partial charge in [-0.05, 0) is 0 Å². The molecule has 4 atom stereocenters. The molecule has 42 heavy (non-hydrogen) atoms. The van der Waals surface area contributed by atoms with Crippen molar-refractivity contribution in [3.63, 3.8) is 0 Å². The Kier molecular flexibility index (Phi) is 127. The van der Waals surface area contributed by atoms with E-state index < -0.39 is 24.4 Å². The molecule has 12 nitrogen and oxygen atoms in total. The van der Waals surface area contributed by atoms with Crippen molar-refractivity contribution in [2.24, 2.45) is 0 Å². The number of rotatable bonds is 23. The first-order chi connectivity index (χ1) is 14.7. The van der Waals surface area contributed by atoms with Gasteiger partial charge in [0.05, 0.1) is 92.5 Å². The van der Waals surface area contributed by atoms with Crippen LogP contribution in [0.25, 0.3) is 0 Å². The van der Waals surface area contributed by atoms with Gasteiger partial charge in [0.1, 0.15) is 24.4 Å². The van der Waals surface area contributed by atoms with Gasteiger partial charge in [0.15, 0.2) is 0 Å². The molecule has 0 aromatic rings. The van der Waals surface area contributed by atoms with Gasteiger partial charge in [0, 0.05) is 0 Å². The van der Waals surface area contributed by atoms with Crippen molar-refractivity contribution >= 4 is 0 Å². The summed E-state index contributed by atoms with van der Waals surface area (Å²) in [5.41, 5.74) is 0. The molecule has 0 fully saturated rings. The van der Waals surface area contributed by atoms with Crippen LogP contribution in [0.15, 0.2) is 0 Å². The second-order valence-electron chi connectivity index (χ2n) is 5.98. The van der Waals surface area contributed by atoms with Gasteiger partial charge >= 0.3 is 0 Å². The van der Waals surface area contributed by atoms with Crippen molar-refractivity contribution in [1.29, 1.82) is 0 Å². The van der Waals surface area contributed by atoms with Crippen LogP contribution in [-0.2, 0) is 28.4 Å². The molecule has 0 rings (SSSR count). The Hall–Kier alpha value is -0.480. The minimum absolute atomic E-state index is 0. The average Bonchev–Trinajstić information content (AvgIpc) is 2.76. The van der Waals surface area contributed by atoms with E-state index in [1.54, 1.807) is 0 Å². The highest BCUT2D eigenvalue weighted by atomic mass is 16.6. The maximum absolute atomic E-state index is 9.23. The topological polar surface area (TPSA) is 177 Å². The second-order valence-corrected chi connectivity index (χ2v) is 5.98. The standard InChI is InChI=1S/C18H38O12.12CH4/c19-1-7-25-13-15(27-9-3-21)17(29-11-5-23)18(30-12-6-24)16(28-10-4-22)14-26-8-2-20;;;;;;;;;;;;/h15-24H,1-14H2;12*1H4. The molecule has 6 N–H and O–H groups in total. The predicted molar refractivity (Wildman–Crippen MR) is 184 cm³/mol. The van der Waals surface area contributed by atoms with Gasteiger partial charge in [0.2, 0.25) is 0 Å². The van der Waals surface area contributed by atoms with Crippen LogP contribution in [0, 0.1) is 0 Å². The first-order valence-electron chi connectivity index (χ1n) is 9.97. The highest BCUT2D eigenvalue weighted by molar-refractivity contribution is 4.86. The largest absolute Gasteiger partial charge is 0.394 e. The summed E-state index contributed by atoms with van der Waals surface area (Å²) in [6, 6.07) is 0. The van der Waals surface area contributed by atoms with E-state index >= 15 is 0 Å². The molecule has 4 unspecified atom stereocenters. The fourth-order valence-electron chi connectivity index (χ4n) is 2.62. The molecule has 0 aromatic heterocycles. The summed E-state index contributed by atoms with van der Waals surface area (Å²) in [7, 11) is 0. The van der Waals surface area contributed by atoms with E-state index in [-0.39, 0.29) is 182 Å². The molecule has 0 aliphatic heterocycles. The summed E-state index contributed by atoms with van der Waals surface area (Å²) in [6.07, 6.45) is -3.32. The van der Waals surface area contributed by atoms with Crippen LogP contribution in [0.4, 0.5) is 0 Å². The molecule has 0 saturated carbocycles. The monoisotopic (exact) mass is 639 g/mol. The summed E-state index contributed by atoms with van der Waals surface area (Å²) in [5.74, 6) is 0. The van der Waals surface area contributed by atoms with E-state index in [9.17, 15) is 10.2 Å². The van der Waals surface area contributed by atoms with Gasteiger partial charge in [0.25, 0.3) is 0 Å². The smallest absolute Gasteiger partial charge is 0.115 e. The van der Waals surface area contributed by atoms with Gasteiger partial charge in [-0.1, -0.05) is 89.1 Å². The van der Waals surface area contributed by atoms with Crippen molar-refractivity contribution in [2.75, 3.05) is 92.5 Å². The Balaban J connectivity index is -0.0000000637. The van der Waals surface area contributed by atoms with Gasteiger partial charge in [-0.25, -0.2) is 0 Å². The fraction of sp³-hybridized carbons (Fsp3) is 1.00. The first-order valence-corrected chi connectivity index (χ1v) is 9.97. The van der Waals surface area contributed by atoms with Crippen LogP contribution in [-0.4, -0.2) is 148 Å². The third kappa shape index (κ3) is 41.7. The van der Waals surface area contributed by atoms with Gasteiger partial charge < -0.3 is 59.1 Å². The third-order valence-electron chi connectivity index (χ3n) is 3.74. The zero-order valence-electron chi connectivity index (χ0n) is 17.3. The number of aliphatic hydroxyl groups excluding tert-OH is 6. The number of ether oxygens (including phenoxy) is 6. The lowest BCUT2D eigenvalue weighted by atomic mass is 10.0. The van der Waals surface area contributed by atoms with E-state index in [0.717, 1.165) is 0 Å². The van der Waals surface area contributed by atoms with E-state index in [0.29, 0.717) is 0 Å². The quantitative estimate of drug-likeness (QED) is 0.0883. The van der Waals surface area contributed by atoms with Crippen LogP contribution < -0.4 is 0 Å². The molecule has 0 spiro atoms. The zero-order valence-corrected chi connectivity index (χ0v) is 17.3. The van der Waals surface area contributed by atoms with Crippen molar-refractivity contribution < 1.29 is 59.1 Å². The zero-order chi connectivity index (χ0) is 22.5. The molecular weight excluding hydrogens is 552 g/mol. The third-order valence-corrected chi connectivity index (χ3v) is 3.74. The summed E-state index contributed by atoms with van der Waals surface area (Å²) in [6.45, 7) is -1.56. The lowest BCUT2D eigenvalue weighted by molar-refractivity contribution is -0.203. The molecule has 0 bridgehead atoms. The molecule has 0 aliphatic rings. The van der Waals surface area contributed by atoms with Gasteiger partial charge in [-0.2, -0.15) is 0 Å². The molecule has 0 amide bonds. The van der Waals surface area contributed by atoms with Crippen molar-refractivity contribution in [3.05, 3.63) is 0 Å². The second kappa shape index (κ2) is 63.7. The van der Waals surface area contributed by atoms with E-state index in [1.165, 1.54) is 0 Å². The molecule has 0 aliphatic carbocycles. The van der Waals surface area contributed by atoms with Gasteiger partial charge in [-0.15, -0.1) is 0 Å². The minimum atomic E-state index is -0.879. The van der Waals surface area contributed by atoms with E-state index in [1.807, 2.05) is 0 Å². The maximum Gasteiger partial charge on any atom is 0.115 e. The van der Waals surface area contributed by atoms with Crippen LogP contribution in [0.3, 0.4) is 0 Å². The lowest BCUT2D eigenvalue weighted by Crippen LogP contribution is -2.53. The van der Waals surface area contributed by atoms with Gasteiger partial charge in [-0.3, -0.25) is 0 Å². The normalized spacial score (nSPS) is 11.3. The molecule has 0 heterocycles. The Morgan fingerprint density at radius 1 is 0.310 bits per heavy atom. The minimum Gasteiger partial charge on any atom is -0.394 e. The van der Waals surface area contributed by atoms with Crippen LogP contribution >= 0.6 is 0 Å². The van der Waals surface area contributed by atoms with Crippen molar-refractivity contribution in [2.45, 2.75) is 114 Å². The van der Waals surface area contributed by atoms with E-state index in [4.69, 9.17) is 48.8 Å². The molecule has 0 radical (unpaired) electrons. The Labute approximate surface area is 265 Å². The highest BCUT2D eigenvalue weighted by Gasteiger charge is 2.38. The molecule has 12 heteroatoms. The SMILES string of the molecule is C.C.C.C.C.C.C.C.C.C.C.C.OCCOCC(OCCO)C(OCCO)C(OCCO)C(COCCO)OCCO. The van der Waals surface area contributed by atoms with Crippen molar-refractivity contribution in [3.8, 4) is 0 Å². The lowest BCUT2D eigenvalue weighted by Gasteiger charge is -2.37. The summed E-state index contributed by atoms with van der Waals surface area (Å²) in [5, 5.41) is 54.7. The Morgan fingerprint density at radius 2 is 0.524 bits per heavy atom. The van der Waals surface area contributed by atoms with Crippen LogP contribution in [0.1, 0.15) is 89.1 Å². The Bertz CT molecular complexity index is 324. The fourth-order valence-corrected chi connectivity index (χ4v) is 2.62. The molecule has 0 saturated heterocycles. The number of hydrogen-bond acceptors (Lipinski definition) is 12. The first kappa shape index (κ1) is 83.8. The van der Waals surface area contributed by atoms with Crippen LogP contribution in [0.5, 0.6) is 0 Å². The highest BCUT2D eigenvalue weighted by Crippen LogP contribution is 2.19. The number of hydrogen-bond donors (Lipinski definition) is 6. The number of aliphatic hydroxyl groups is 6.